The van der Waals surface area contributed by atoms with Crippen LogP contribution in [0.1, 0.15) is 10.4 Å². The molecule has 2 nitrogen and oxygen atoms in total. The van der Waals surface area contributed by atoms with Crippen molar-refractivity contribution in [2.24, 2.45) is 0 Å². The summed E-state index contributed by atoms with van der Waals surface area (Å²) in [6, 6.07) is 0.798. The molecular formula is C12H3BrF12O2. The lowest BCUT2D eigenvalue weighted by atomic mass is 9.95. The van der Waals surface area contributed by atoms with Gasteiger partial charge in [-0.2, -0.15) is 39.5 Å². The van der Waals surface area contributed by atoms with Crippen LogP contribution in [-0.2, 0) is 0 Å². The maximum atomic E-state index is 13.6. The fraction of sp³-hybridized carbons (Fsp3) is 0.417. The minimum Gasteiger partial charge on any atom is -0.405 e. The maximum absolute atomic E-state index is 13.6. The van der Waals surface area contributed by atoms with Gasteiger partial charge in [0, 0.05) is 4.47 Å². The normalized spacial score (nSPS) is 14.3. The van der Waals surface area contributed by atoms with Crippen molar-refractivity contribution in [1.82, 2.24) is 0 Å². The second-order valence-corrected chi connectivity index (χ2v) is 5.65. The van der Waals surface area contributed by atoms with Gasteiger partial charge in [-0.3, -0.25) is 4.79 Å². The average Bonchev–Trinajstić information content (AvgIpc) is 2.43. The lowest BCUT2D eigenvalue weighted by Crippen LogP contribution is -2.63. The first-order valence-corrected chi connectivity index (χ1v) is 6.85. The second kappa shape index (κ2) is 6.74. The van der Waals surface area contributed by atoms with Crippen LogP contribution in [0.15, 0.2) is 22.7 Å². The van der Waals surface area contributed by atoms with Gasteiger partial charge < -0.3 is 4.74 Å². The molecule has 1 aromatic carbocycles. The molecule has 0 aliphatic carbocycles. The maximum Gasteiger partial charge on any atom is 0.573 e. The Hall–Kier alpha value is -1.67. The number of carbonyl (C=O) groups excluding carboxylic acids is 1. The molecule has 15 heteroatoms. The van der Waals surface area contributed by atoms with E-state index in [1.54, 1.807) is 0 Å². The second-order valence-electron chi connectivity index (χ2n) is 4.74. The number of benzene rings is 1. The van der Waals surface area contributed by atoms with Gasteiger partial charge in [0.1, 0.15) is 5.75 Å². The molecular weight excluding hydrogens is 484 g/mol. The Morgan fingerprint density at radius 3 is 1.70 bits per heavy atom. The third kappa shape index (κ3) is 4.27. The standard InChI is InChI=1S/C12H3BrF12O2/c13-4-1-2-5(6(3-4)27-12(23,24)25)7(26)8(14,15)9(16,17)10(18,19)11(20,21)22/h1-3H. The first-order valence-electron chi connectivity index (χ1n) is 6.06. The van der Waals surface area contributed by atoms with Crippen LogP contribution in [-0.4, -0.2) is 36.1 Å². The molecule has 154 valence electrons. The van der Waals surface area contributed by atoms with Gasteiger partial charge in [0.05, 0.1) is 5.56 Å². The van der Waals surface area contributed by atoms with E-state index in [9.17, 15) is 57.5 Å². The van der Waals surface area contributed by atoms with E-state index in [4.69, 9.17) is 0 Å². The summed E-state index contributed by atoms with van der Waals surface area (Å²) >= 11 is 2.54. The van der Waals surface area contributed by atoms with Gasteiger partial charge in [0.15, 0.2) is 0 Å². The van der Waals surface area contributed by atoms with Crippen LogP contribution in [0.3, 0.4) is 0 Å². The highest BCUT2D eigenvalue weighted by Gasteiger charge is 2.83. The molecule has 1 rings (SSSR count). The van der Waals surface area contributed by atoms with E-state index >= 15 is 0 Å². The van der Waals surface area contributed by atoms with E-state index in [1.807, 2.05) is 0 Å². The van der Waals surface area contributed by atoms with E-state index in [1.165, 1.54) is 0 Å². The topological polar surface area (TPSA) is 26.3 Å². The summed E-state index contributed by atoms with van der Waals surface area (Å²) in [6.07, 6.45) is -12.8. The Labute approximate surface area is 149 Å². The first kappa shape index (κ1) is 23.4. The molecule has 0 bridgehead atoms. The predicted molar refractivity (Wildman–Crippen MR) is 66.1 cm³/mol. The van der Waals surface area contributed by atoms with E-state index in [0.29, 0.717) is 6.07 Å². The summed E-state index contributed by atoms with van der Waals surface area (Å²) < 4.78 is 155. The lowest BCUT2D eigenvalue weighted by Gasteiger charge is -2.33. The van der Waals surface area contributed by atoms with Crippen molar-refractivity contribution in [3.05, 3.63) is 28.2 Å². The van der Waals surface area contributed by atoms with Crippen molar-refractivity contribution >= 4 is 21.7 Å². The van der Waals surface area contributed by atoms with Gasteiger partial charge in [-0.25, -0.2) is 0 Å². The number of halogens is 13. The smallest absolute Gasteiger partial charge is 0.405 e. The minimum absolute atomic E-state index is 0.0449. The molecule has 0 saturated carbocycles. The van der Waals surface area contributed by atoms with Gasteiger partial charge in [0.25, 0.3) is 0 Å². The van der Waals surface area contributed by atoms with E-state index in [-0.39, 0.29) is 16.6 Å². The zero-order valence-corrected chi connectivity index (χ0v) is 13.5. The Morgan fingerprint density at radius 1 is 0.815 bits per heavy atom. The molecule has 0 unspecified atom stereocenters. The highest BCUT2D eigenvalue weighted by molar-refractivity contribution is 9.10. The number of hydrogen-bond donors (Lipinski definition) is 0. The zero-order chi connectivity index (χ0) is 21.6. The molecule has 0 heterocycles. The van der Waals surface area contributed by atoms with Crippen LogP contribution in [0, 0.1) is 0 Å². The molecule has 0 aromatic heterocycles. The molecule has 0 N–H and O–H groups in total. The highest BCUT2D eigenvalue weighted by atomic mass is 79.9. The Balaban J connectivity index is 3.52. The molecule has 0 amide bonds. The van der Waals surface area contributed by atoms with Crippen molar-refractivity contribution in [1.29, 1.82) is 0 Å². The largest absolute Gasteiger partial charge is 0.573 e. The van der Waals surface area contributed by atoms with Gasteiger partial charge >= 0.3 is 30.3 Å². The van der Waals surface area contributed by atoms with Crippen LogP contribution < -0.4 is 4.74 Å². The zero-order valence-electron chi connectivity index (χ0n) is 12.0. The van der Waals surface area contributed by atoms with Crippen LogP contribution in [0.4, 0.5) is 52.7 Å². The molecule has 27 heavy (non-hydrogen) atoms. The Kier molecular flexibility index (Phi) is 5.83. The van der Waals surface area contributed by atoms with Crippen LogP contribution in [0.25, 0.3) is 0 Å². The van der Waals surface area contributed by atoms with Gasteiger partial charge in [-0.05, 0) is 18.2 Å². The summed E-state index contributed by atoms with van der Waals surface area (Å²) in [5, 5.41) is 0. The van der Waals surface area contributed by atoms with Gasteiger partial charge in [-0.15, -0.1) is 13.2 Å². The lowest BCUT2D eigenvalue weighted by molar-refractivity contribution is -0.386. The van der Waals surface area contributed by atoms with E-state index in [0.717, 1.165) is 0 Å². The number of Topliss-reactive ketones (excluding diaryl/α,β-unsaturated/α-hetero) is 1. The van der Waals surface area contributed by atoms with Crippen LogP contribution in [0.2, 0.25) is 0 Å². The fourth-order valence-electron chi connectivity index (χ4n) is 1.58. The van der Waals surface area contributed by atoms with E-state index in [2.05, 4.69) is 20.7 Å². The Morgan fingerprint density at radius 2 is 1.30 bits per heavy atom. The number of carbonyl (C=O) groups is 1. The predicted octanol–water partition coefficient (Wildman–Crippen LogP) is 6.00. The van der Waals surface area contributed by atoms with Gasteiger partial charge in [0.2, 0.25) is 5.78 Å². The van der Waals surface area contributed by atoms with Crippen molar-refractivity contribution in [2.45, 2.75) is 30.3 Å². The summed E-state index contributed by atoms with van der Waals surface area (Å²) in [5.41, 5.74) is -2.00. The fourth-order valence-corrected chi connectivity index (χ4v) is 1.92. The number of hydrogen-bond acceptors (Lipinski definition) is 2. The monoisotopic (exact) mass is 486 g/mol. The Bertz CT molecular complexity index is 722. The quantitative estimate of drug-likeness (QED) is 0.377. The number of rotatable bonds is 5. The number of ether oxygens (including phenoxy) is 1. The van der Waals surface area contributed by atoms with Crippen LogP contribution in [0.5, 0.6) is 5.75 Å². The molecule has 0 fully saturated rings. The summed E-state index contributed by atoms with van der Waals surface area (Å²) in [7, 11) is 0. The molecule has 0 aliphatic rings. The third-order valence-corrected chi connectivity index (χ3v) is 3.34. The van der Waals surface area contributed by atoms with Crippen molar-refractivity contribution in [2.75, 3.05) is 0 Å². The van der Waals surface area contributed by atoms with Crippen LogP contribution >= 0.6 is 15.9 Å². The minimum atomic E-state index is -7.38. The highest BCUT2D eigenvalue weighted by Crippen LogP contribution is 2.54. The third-order valence-electron chi connectivity index (χ3n) is 2.84. The summed E-state index contributed by atoms with van der Waals surface area (Å²) in [5.74, 6) is -26.7. The van der Waals surface area contributed by atoms with Gasteiger partial charge in [-0.1, -0.05) is 15.9 Å². The van der Waals surface area contributed by atoms with Crippen molar-refractivity contribution < 1.29 is 62.2 Å². The number of ketones is 1. The molecule has 0 atom stereocenters. The SMILES string of the molecule is O=C(c1ccc(Br)cc1OC(F)(F)F)C(F)(F)C(F)(F)C(F)(F)C(F)(F)F. The summed E-state index contributed by atoms with van der Waals surface area (Å²) in [4.78, 5) is 11.5. The molecule has 0 aliphatic heterocycles. The van der Waals surface area contributed by atoms with E-state index < -0.39 is 47.4 Å². The molecule has 0 saturated heterocycles. The first-order chi connectivity index (χ1) is 11.8. The molecule has 1 aromatic rings. The van der Waals surface area contributed by atoms with Crippen molar-refractivity contribution in [3.8, 4) is 5.75 Å². The summed E-state index contributed by atoms with van der Waals surface area (Å²) in [6.45, 7) is 0. The van der Waals surface area contributed by atoms with Crippen molar-refractivity contribution in [3.63, 3.8) is 0 Å². The number of alkyl halides is 12. The average molecular weight is 487 g/mol. The molecule has 0 spiro atoms. The molecule has 0 radical (unpaired) electrons.